The van der Waals surface area contributed by atoms with Gasteiger partial charge in [0.15, 0.2) is 0 Å². The number of hydrogen-bond acceptors (Lipinski definition) is 7. The Kier molecular flexibility index (Phi) is 4.99. The molecule has 7 nitrogen and oxygen atoms in total. The molecule has 126 valence electrons. The summed E-state index contributed by atoms with van der Waals surface area (Å²) >= 11 is 4.72. The molecule has 0 radical (unpaired) electrons. The van der Waals surface area contributed by atoms with E-state index in [0.29, 0.717) is 10.3 Å². The first kappa shape index (κ1) is 17.1. The van der Waals surface area contributed by atoms with Gasteiger partial charge in [0.25, 0.3) is 0 Å². The highest BCUT2D eigenvalue weighted by molar-refractivity contribution is 9.10. The lowest BCUT2D eigenvalue weighted by molar-refractivity contribution is 0.375. The van der Waals surface area contributed by atoms with Gasteiger partial charge in [-0.05, 0) is 29.6 Å². The number of ether oxygens (including phenoxy) is 1. The first-order valence-corrected chi connectivity index (χ1v) is 9.85. The van der Waals surface area contributed by atoms with E-state index in [1.807, 2.05) is 17.5 Å². The molecule has 0 bridgehead atoms. The topological polar surface area (TPSA) is 94.3 Å². The van der Waals surface area contributed by atoms with Gasteiger partial charge < -0.3 is 9.26 Å². The highest BCUT2D eigenvalue weighted by atomic mass is 79.9. The van der Waals surface area contributed by atoms with E-state index in [9.17, 15) is 8.42 Å². The van der Waals surface area contributed by atoms with E-state index < -0.39 is 10.0 Å². The van der Waals surface area contributed by atoms with Gasteiger partial charge in [-0.3, -0.25) is 0 Å². The van der Waals surface area contributed by atoms with E-state index in [0.717, 1.165) is 4.88 Å². The van der Waals surface area contributed by atoms with Crippen LogP contribution in [0.25, 0.3) is 10.7 Å². The number of aromatic nitrogens is 2. The molecular weight excluding hydrogens is 418 g/mol. The molecular formula is C14H12BrN3O4S2. The number of thiophene rings is 1. The molecule has 0 fully saturated rings. The van der Waals surface area contributed by atoms with Crippen LogP contribution in [0.1, 0.15) is 5.89 Å². The second-order valence-electron chi connectivity index (χ2n) is 4.61. The van der Waals surface area contributed by atoms with Gasteiger partial charge in [-0.2, -0.15) is 4.98 Å². The largest absolute Gasteiger partial charge is 0.495 e. The molecule has 1 N–H and O–H groups in total. The standard InChI is InChI=1S/C14H12BrN3O4S2/c1-21-10-5-4-9(15)7-12(10)24(19,20)16-8-13-17-14(18-22-13)11-3-2-6-23-11/h2-7,16H,8H2,1H3. The van der Waals surface area contributed by atoms with Crippen molar-refractivity contribution in [1.29, 1.82) is 0 Å². The number of benzene rings is 1. The molecule has 0 atom stereocenters. The summed E-state index contributed by atoms with van der Waals surface area (Å²) < 4.78 is 38.2. The third-order valence-electron chi connectivity index (χ3n) is 3.04. The Hall–Kier alpha value is -1.75. The van der Waals surface area contributed by atoms with Crippen molar-refractivity contribution in [2.75, 3.05) is 7.11 Å². The maximum atomic E-state index is 12.5. The van der Waals surface area contributed by atoms with Crippen LogP contribution in [0.2, 0.25) is 0 Å². The molecule has 0 amide bonds. The number of methoxy groups -OCH3 is 1. The molecule has 0 aliphatic heterocycles. The number of hydrogen-bond donors (Lipinski definition) is 1. The van der Waals surface area contributed by atoms with E-state index >= 15 is 0 Å². The zero-order valence-corrected chi connectivity index (χ0v) is 15.6. The van der Waals surface area contributed by atoms with Crippen molar-refractivity contribution in [2.24, 2.45) is 0 Å². The van der Waals surface area contributed by atoms with Crippen LogP contribution in [0.5, 0.6) is 5.75 Å². The van der Waals surface area contributed by atoms with Crippen molar-refractivity contribution in [3.63, 3.8) is 0 Å². The van der Waals surface area contributed by atoms with Gasteiger partial charge in [-0.15, -0.1) is 11.3 Å². The van der Waals surface area contributed by atoms with Crippen molar-refractivity contribution in [2.45, 2.75) is 11.4 Å². The summed E-state index contributed by atoms with van der Waals surface area (Å²) in [4.78, 5) is 5.05. The zero-order chi connectivity index (χ0) is 17.2. The van der Waals surface area contributed by atoms with Gasteiger partial charge in [-0.25, -0.2) is 13.1 Å². The Morgan fingerprint density at radius 1 is 1.38 bits per heavy atom. The molecule has 1 aromatic carbocycles. The fourth-order valence-corrected chi connectivity index (χ4v) is 4.26. The minimum atomic E-state index is -3.80. The first-order chi connectivity index (χ1) is 11.5. The van der Waals surface area contributed by atoms with Crippen LogP contribution in [0.4, 0.5) is 0 Å². The lowest BCUT2D eigenvalue weighted by Gasteiger charge is -2.10. The molecule has 2 heterocycles. The maximum Gasteiger partial charge on any atom is 0.244 e. The monoisotopic (exact) mass is 429 g/mol. The molecule has 3 rings (SSSR count). The minimum absolute atomic E-state index is 0.0253. The van der Waals surface area contributed by atoms with E-state index in [2.05, 4.69) is 30.8 Å². The molecule has 2 aromatic heterocycles. The van der Waals surface area contributed by atoms with Crippen molar-refractivity contribution in [3.8, 4) is 16.5 Å². The number of nitrogens with zero attached hydrogens (tertiary/aromatic N) is 2. The molecule has 0 saturated heterocycles. The second-order valence-corrected chi connectivity index (χ2v) is 8.21. The molecule has 24 heavy (non-hydrogen) atoms. The van der Waals surface area contributed by atoms with E-state index in [1.165, 1.54) is 24.5 Å². The lowest BCUT2D eigenvalue weighted by Crippen LogP contribution is -2.24. The van der Waals surface area contributed by atoms with Gasteiger partial charge in [-0.1, -0.05) is 27.2 Å². The van der Waals surface area contributed by atoms with Gasteiger partial charge in [0.05, 0.1) is 18.5 Å². The lowest BCUT2D eigenvalue weighted by atomic mass is 10.3. The SMILES string of the molecule is COc1ccc(Br)cc1S(=O)(=O)NCc1nc(-c2cccs2)no1. The van der Waals surface area contributed by atoms with Crippen molar-refractivity contribution in [3.05, 3.63) is 46.1 Å². The summed E-state index contributed by atoms with van der Waals surface area (Å²) in [5, 5.41) is 5.73. The quantitative estimate of drug-likeness (QED) is 0.646. The summed E-state index contributed by atoms with van der Waals surface area (Å²) in [5.41, 5.74) is 0. The predicted molar refractivity (Wildman–Crippen MR) is 92.3 cm³/mol. The summed E-state index contributed by atoms with van der Waals surface area (Å²) in [6.45, 7) is -0.115. The summed E-state index contributed by atoms with van der Waals surface area (Å²) in [5.74, 6) is 0.852. The van der Waals surface area contributed by atoms with Crippen molar-refractivity contribution in [1.82, 2.24) is 14.9 Å². The third kappa shape index (κ3) is 3.66. The average molecular weight is 430 g/mol. The van der Waals surface area contributed by atoms with E-state index in [4.69, 9.17) is 9.26 Å². The Morgan fingerprint density at radius 2 is 2.21 bits per heavy atom. The molecule has 10 heteroatoms. The Bertz CT molecular complexity index is 939. The van der Waals surface area contributed by atoms with Crippen LogP contribution in [0, 0.1) is 0 Å². The van der Waals surface area contributed by atoms with E-state index in [1.54, 1.807) is 12.1 Å². The molecule has 3 aromatic rings. The van der Waals surface area contributed by atoms with Crippen LogP contribution in [-0.2, 0) is 16.6 Å². The maximum absolute atomic E-state index is 12.5. The highest BCUT2D eigenvalue weighted by Crippen LogP contribution is 2.27. The number of rotatable bonds is 6. The molecule has 0 aliphatic carbocycles. The molecule has 0 saturated carbocycles. The number of nitrogens with one attached hydrogen (secondary N) is 1. The number of halogens is 1. The van der Waals surface area contributed by atoms with Crippen LogP contribution in [0.15, 0.2) is 49.6 Å². The average Bonchev–Trinajstić information content (AvgIpc) is 3.24. The van der Waals surface area contributed by atoms with Gasteiger partial charge in [0.1, 0.15) is 10.6 Å². The van der Waals surface area contributed by atoms with Gasteiger partial charge >= 0.3 is 0 Å². The summed E-state index contributed by atoms with van der Waals surface area (Å²) in [6.07, 6.45) is 0. The zero-order valence-electron chi connectivity index (χ0n) is 12.4. The minimum Gasteiger partial charge on any atom is -0.495 e. The van der Waals surface area contributed by atoms with E-state index in [-0.39, 0.29) is 23.1 Å². The van der Waals surface area contributed by atoms with Crippen LogP contribution >= 0.6 is 27.3 Å². The Labute approximate surface area is 150 Å². The van der Waals surface area contributed by atoms with Crippen LogP contribution < -0.4 is 9.46 Å². The van der Waals surface area contributed by atoms with Gasteiger partial charge in [0, 0.05) is 4.47 Å². The first-order valence-electron chi connectivity index (χ1n) is 6.69. The molecule has 0 aliphatic rings. The summed E-state index contributed by atoms with van der Waals surface area (Å²) in [7, 11) is -2.39. The van der Waals surface area contributed by atoms with Crippen LogP contribution in [0.3, 0.4) is 0 Å². The second kappa shape index (κ2) is 7.01. The molecule has 0 unspecified atom stereocenters. The fraction of sp³-hybridized carbons (Fsp3) is 0.143. The third-order valence-corrected chi connectivity index (χ3v) is 5.82. The van der Waals surface area contributed by atoms with Crippen molar-refractivity contribution >= 4 is 37.3 Å². The normalized spacial score (nSPS) is 11.6. The molecule has 0 spiro atoms. The summed E-state index contributed by atoms with van der Waals surface area (Å²) in [6, 6.07) is 8.46. The fourth-order valence-electron chi connectivity index (χ4n) is 1.93. The smallest absolute Gasteiger partial charge is 0.244 e. The Morgan fingerprint density at radius 3 is 2.92 bits per heavy atom. The Balaban J connectivity index is 1.77. The predicted octanol–water partition coefficient (Wildman–Crippen LogP) is 3.05. The van der Waals surface area contributed by atoms with Gasteiger partial charge in [0.2, 0.25) is 21.7 Å². The van der Waals surface area contributed by atoms with Crippen molar-refractivity contribution < 1.29 is 17.7 Å². The van der Waals surface area contributed by atoms with Crippen LogP contribution in [-0.4, -0.2) is 25.7 Å². The number of sulfonamides is 1. The highest BCUT2D eigenvalue weighted by Gasteiger charge is 2.21.